The maximum absolute atomic E-state index is 14.3. The van der Waals surface area contributed by atoms with Gasteiger partial charge in [0.2, 0.25) is 23.6 Å². The lowest BCUT2D eigenvalue weighted by atomic mass is 9.83. The van der Waals surface area contributed by atoms with Gasteiger partial charge < -0.3 is 48.6 Å². The molecule has 8 atom stereocenters. The van der Waals surface area contributed by atoms with E-state index in [1.807, 2.05) is 86.7 Å². The van der Waals surface area contributed by atoms with Crippen molar-refractivity contribution in [3.63, 3.8) is 0 Å². The number of amides is 5. The van der Waals surface area contributed by atoms with Crippen LogP contribution in [0.5, 0.6) is 0 Å². The Bertz CT molecular complexity index is 3060. The maximum Gasteiger partial charge on any atom is 0.409 e. The molecule has 0 aromatic heterocycles. The van der Waals surface area contributed by atoms with Crippen molar-refractivity contribution < 1.29 is 62.3 Å². The molecule has 1 unspecified atom stereocenters. The highest BCUT2D eigenvalue weighted by Crippen LogP contribution is 2.50. The molecule has 19 nitrogen and oxygen atoms in total. The van der Waals surface area contributed by atoms with E-state index in [9.17, 15) is 33.9 Å². The van der Waals surface area contributed by atoms with Crippen LogP contribution in [-0.2, 0) is 63.6 Å². The molecule has 0 radical (unpaired) electrons. The van der Waals surface area contributed by atoms with Crippen LogP contribution in [0.4, 0.5) is 10.5 Å². The number of carbonyl (C=O) groups excluding carboxylic acids is 6. The molecule has 4 aromatic carbocycles. The minimum absolute atomic E-state index is 0.0237. The fraction of sp³-hybridized carbons (Fsp3) is 0.462. The van der Waals surface area contributed by atoms with Gasteiger partial charge in [-0.15, -0.1) is 11.8 Å². The molecular weight excluding hydrogens is 1140 g/mol. The number of hydrogen-bond acceptors (Lipinski definition) is 15. The highest BCUT2D eigenvalue weighted by molar-refractivity contribution is 8.00. The van der Waals surface area contributed by atoms with Gasteiger partial charge in [0.15, 0.2) is 5.72 Å². The summed E-state index contributed by atoms with van der Waals surface area (Å²) in [6.07, 6.45) is 1.42. The molecule has 4 aliphatic rings. The number of halogens is 1. The molecule has 5 amide bonds. The lowest BCUT2D eigenvalue weighted by molar-refractivity contribution is -0.162. The predicted octanol–water partition coefficient (Wildman–Crippen LogP) is 8.06. The largest absolute Gasteiger partial charge is 0.457 e. The monoisotopic (exact) mass is 1220 g/mol. The number of epoxide rings is 1. The van der Waals surface area contributed by atoms with Crippen LogP contribution < -0.4 is 15.5 Å². The molecule has 4 bridgehead atoms. The molecule has 8 rings (SSSR count). The molecule has 4 aliphatic heterocycles. The zero-order chi connectivity index (χ0) is 61.8. The van der Waals surface area contributed by atoms with Gasteiger partial charge in [-0.3, -0.25) is 24.5 Å². The average molecular weight is 1220 g/mol. The van der Waals surface area contributed by atoms with Crippen LogP contribution in [0.15, 0.2) is 132 Å². The number of hydrazone groups is 1. The molecule has 2 saturated heterocycles. The SMILES string of the molecule is CO[C@@H]1/C=C/C=C(\C)Cc2cc(C)c(Cl)c(c2)N(C)C(=O)C[C@H](OC(=O)[C@H](C)N(C)C(=O)CCOCCOCCNC(=O)CN2N=C(CCSC(c3ccccc3)(c3ccccc3)c3ccccc3)CC2=O)[C@]2(C)OC2[C@H](C)[C@@H]2C[C@]1(O)NC(=O)O2. The third-order valence-electron chi connectivity index (χ3n) is 16.4. The average Bonchev–Trinajstić information content (AvgIpc) is 4.06. The molecular formula is C65H79ClN6O13S. The Labute approximate surface area is 512 Å². The lowest BCUT2D eigenvalue weighted by Gasteiger charge is -2.42. The van der Waals surface area contributed by atoms with Crippen LogP contribution >= 0.6 is 23.4 Å². The number of esters is 1. The van der Waals surface area contributed by atoms with Gasteiger partial charge >= 0.3 is 12.1 Å². The molecule has 3 N–H and O–H groups in total. The Kier molecular flexibility index (Phi) is 22.1. The first-order chi connectivity index (χ1) is 41.2. The first kappa shape index (κ1) is 65.1. The van der Waals surface area contributed by atoms with E-state index in [1.54, 1.807) is 44.8 Å². The summed E-state index contributed by atoms with van der Waals surface area (Å²) in [4.78, 5) is 83.5. The second kappa shape index (κ2) is 29.2. The second-order valence-corrected chi connectivity index (χ2v) is 24.2. The zero-order valence-corrected chi connectivity index (χ0v) is 51.7. The number of aryl methyl sites for hydroxylation is 1. The van der Waals surface area contributed by atoms with E-state index >= 15 is 0 Å². The van der Waals surface area contributed by atoms with Crippen molar-refractivity contribution in [2.75, 3.05) is 71.4 Å². The summed E-state index contributed by atoms with van der Waals surface area (Å²) in [5, 5.41) is 23.3. The molecule has 21 heteroatoms. The topological polar surface area (TPSA) is 227 Å². The van der Waals surface area contributed by atoms with Gasteiger partial charge in [-0.2, -0.15) is 5.10 Å². The van der Waals surface area contributed by atoms with Crippen LogP contribution in [0.2, 0.25) is 5.02 Å². The van der Waals surface area contributed by atoms with Gasteiger partial charge in [0.1, 0.15) is 36.5 Å². The third kappa shape index (κ3) is 15.6. The summed E-state index contributed by atoms with van der Waals surface area (Å²) in [5.74, 6) is -2.13. The van der Waals surface area contributed by atoms with Crippen LogP contribution in [0, 0.1) is 12.8 Å². The van der Waals surface area contributed by atoms with Crippen molar-refractivity contribution in [3.8, 4) is 0 Å². The van der Waals surface area contributed by atoms with Gasteiger partial charge in [0.05, 0.1) is 67.3 Å². The summed E-state index contributed by atoms with van der Waals surface area (Å²) < 4.78 is 34.7. The Morgan fingerprint density at radius 3 is 2.19 bits per heavy atom. The van der Waals surface area contributed by atoms with Crippen molar-refractivity contribution in [2.24, 2.45) is 11.0 Å². The quantitative estimate of drug-likeness (QED) is 0.0293. The Morgan fingerprint density at radius 2 is 1.56 bits per heavy atom. The van der Waals surface area contributed by atoms with Gasteiger partial charge in [0.25, 0.3) is 0 Å². The molecule has 0 spiro atoms. The minimum atomic E-state index is -1.86. The van der Waals surface area contributed by atoms with E-state index in [0.717, 1.165) is 39.1 Å². The summed E-state index contributed by atoms with van der Waals surface area (Å²) >= 11 is 8.63. The summed E-state index contributed by atoms with van der Waals surface area (Å²) in [7, 11) is 4.50. The van der Waals surface area contributed by atoms with Gasteiger partial charge in [-0.25, -0.2) is 14.6 Å². The number of benzene rings is 4. The number of hydrogen-bond donors (Lipinski definition) is 3. The summed E-state index contributed by atoms with van der Waals surface area (Å²) in [6, 6.07) is 33.9. The number of methoxy groups -OCH3 is 1. The minimum Gasteiger partial charge on any atom is -0.457 e. The van der Waals surface area contributed by atoms with E-state index < -0.39 is 76.3 Å². The van der Waals surface area contributed by atoms with Crippen LogP contribution in [-0.4, -0.2) is 165 Å². The van der Waals surface area contributed by atoms with E-state index in [0.29, 0.717) is 29.3 Å². The van der Waals surface area contributed by atoms with E-state index in [1.165, 1.54) is 35.9 Å². The third-order valence-corrected chi connectivity index (χ3v) is 18.4. The number of ether oxygens (including phenoxy) is 6. The van der Waals surface area contributed by atoms with Crippen molar-refractivity contribution in [1.29, 1.82) is 0 Å². The normalized spacial score (nSPS) is 24.7. The van der Waals surface area contributed by atoms with Crippen molar-refractivity contribution in [1.82, 2.24) is 20.5 Å². The zero-order valence-electron chi connectivity index (χ0n) is 50.1. The standard InChI is InChI=1S/C65H79ClN6O13S/c1-42-19-18-26-53(80-8)64(79)40-52(83-62(78)68-64)44(3)60-63(5,85-60)54(39-57(75)71(7)51-37-46(35-42)36-43(2)59(51)66)84-61(77)45(4)70(6)56(74)27-30-81-32-33-82-31-29-67-55(73)41-72-58(76)38-50(69-72)28-34-86-65(47-20-12-9-13-21-47,48-22-14-10-15-23-48)49-24-16-11-17-25-49/h9-26,36-37,44-45,52-54,60,79H,27-35,38-41H2,1-8H3,(H,67,73)(H,68,78)/b26-18+,42-19+/t44-,45+,52+,53-,54+,60?,63+,64-/m1/s1. The van der Waals surface area contributed by atoms with Gasteiger partial charge in [-0.1, -0.05) is 139 Å². The Hall–Kier alpha value is -6.91. The molecule has 4 heterocycles. The van der Waals surface area contributed by atoms with E-state index in [2.05, 4.69) is 52.1 Å². The van der Waals surface area contributed by atoms with Crippen LogP contribution in [0.1, 0.15) is 87.6 Å². The van der Waals surface area contributed by atoms with Crippen LogP contribution in [0.25, 0.3) is 0 Å². The fourth-order valence-corrected chi connectivity index (χ4v) is 13.0. The fourth-order valence-electron chi connectivity index (χ4n) is 11.2. The summed E-state index contributed by atoms with van der Waals surface area (Å²) in [6.45, 7) is 9.31. The predicted molar refractivity (Wildman–Crippen MR) is 328 cm³/mol. The Morgan fingerprint density at radius 1 is 0.930 bits per heavy atom. The molecule has 0 aliphatic carbocycles. The highest BCUT2D eigenvalue weighted by Gasteiger charge is 2.64. The van der Waals surface area contributed by atoms with Crippen molar-refractivity contribution in [3.05, 3.63) is 160 Å². The number of thioether (sulfide) groups is 1. The number of likely N-dealkylation sites (N-methyl/N-ethyl adjacent to an activating group) is 1. The number of nitrogens with zero attached hydrogens (tertiary/aromatic N) is 4. The number of fused-ring (bicyclic) bond motifs is 5. The van der Waals surface area contributed by atoms with Crippen LogP contribution in [0.3, 0.4) is 0 Å². The second-order valence-electron chi connectivity index (χ2n) is 22.5. The number of allylic oxidation sites excluding steroid dienone is 3. The van der Waals surface area contributed by atoms with Crippen molar-refractivity contribution >= 4 is 70.5 Å². The number of nitrogens with one attached hydrogen (secondary N) is 2. The van der Waals surface area contributed by atoms with Gasteiger partial charge in [0, 0.05) is 51.6 Å². The smallest absolute Gasteiger partial charge is 0.409 e. The number of aliphatic hydroxyl groups is 1. The molecule has 0 saturated carbocycles. The lowest BCUT2D eigenvalue weighted by Crippen LogP contribution is -2.63. The highest BCUT2D eigenvalue weighted by atomic mass is 35.5. The van der Waals surface area contributed by atoms with Crippen molar-refractivity contribution in [2.45, 2.75) is 120 Å². The number of rotatable bonds is 22. The molecule has 460 valence electrons. The summed E-state index contributed by atoms with van der Waals surface area (Å²) in [5.41, 5.74) is 4.08. The van der Waals surface area contributed by atoms with E-state index in [-0.39, 0.29) is 77.0 Å². The van der Waals surface area contributed by atoms with Gasteiger partial charge in [-0.05, 0) is 74.4 Å². The number of anilines is 1. The molecule has 86 heavy (non-hydrogen) atoms. The first-order valence-electron chi connectivity index (χ1n) is 29.0. The first-order valence-corrected chi connectivity index (χ1v) is 30.4. The number of alkyl carbamates (subject to hydrolysis) is 1. The number of carbonyl (C=O) groups is 6. The maximum atomic E-state index is 14.3. The molecule has 2 fully saturated rings. The Balaban J connectivity index is 0.787. The molecule has 4 aromatic rings. The van der Waals surface area contributed by atoms with E-state index in [4.69, 9.17) is 40.0 Å².